The Hall–Kier alpha value is -2.60. The van der Waals surface area contributed by atoms with E-state index in [2.05, 4.69) is 34.9 Å². The van der Waals surface area contributed by atoms with Crippen LogP contribution in [-0.2, 0) is 16.4 Å². The van der Waals surface area contributed by atoms with Gasteiger partial charge in [-0.15, -0.1) is 0 Å². The summed E-state index contributed by atoms with van der Waals surface area (Å²) in [6, 6.07) is 15.6. The molecule has 0 atom stereocenters. The topological polar surface area (TPSA) is 53.5 Å². The van der Waals surface area contributed by atoms with Crippen molar-refractivity contribution in [3.8, 4) is 0 Å². The molecular weight excluding hydrogens is 358 g/mol. The molecule has 2 heterocycles. The van der Waals surface area contributed by atoms with Gasteiger partial charge in [0.15, 0.2) is 9.84 Å². The van der Waals surface area contributed by atoms with E-state index < -0.39 is 9.84 Å². The highest BCUT2D eigenvalue weighted by atomic mass is 32.2. The van der Waals surface area contributed by atoms with Crippen molar-refractivity contribution in [3.63, 3.8) is 0 Å². The Balaban J connectivity index is 1.84. The van der Waals surface area contributed by atoms with E-state index in [-0.39, 0.29) is 5.75 Å². The number of rotatable bonds is 2. The van der Waals surface area contributed by atoms with Gasteiger partial charge < -0.3 is 9.80 Å². The lowest BCUT2D eigenvalue weighted by Crippen LogP contribution is -2.27. The fraction of sp³-hybridized carbons (Fsp3) is 0.286. The normalized spacial score (nSPS) is 16.0. The van der Waals surface area contributed by atoms with E-state index in [4.69, 9.17) is 4.98 Å². The van der Waals surface area contributed by atoms with Crippen molar-refractivity contribution in [1.82, 2.24) is 4.98 Å². The number of pyridine rings is 1. The van der Waals surface area contributed by atoms with E-state index in [1.165, 1.54) is 5.56 Å². The summed E-state index contributed by atoms with van der Waals surface area (Å²) in [6.45, 7) is 3.03. The van der Waals surface area contributed by atoms with Crippen molar-refractivity contribution in [2.45, 2.75) is 18.4 Å². The molecule has 6 heteroatoms. The molecule has 1 aromatic heterocycles. The maximum atomic E-state index is 12.6. The molecule has 0 bridgehead atoms. The molecule has 140 valence electrons. The average Bonchev–Trinajstić information content (AvgIpc) is 2.77. The van der Waals surface area contributed by atoms with Gasteiger partial charge in [-0.3, -0.25) is 0 Å². The fourth-order valence-electron chi connectivity index (χ4n) is 3.60. The van der Waals surface area contributed by atoms with Gasteiger partial charge in [0.1, 0.15) is 5.82 Å². The van der Waals surface area contributed by atoms with Crippen LogP contribution in [0.1, 0.15) is 11.1 Å². The molecule has 0 N–H and O–H groups in total. The lowest BCUT2D eigenvalue weighted by atomic mass is 10.1. The average molecular weight is 382 g/mol. The lowest BCUT2D eigenvalue weighted by molar-refractivity contribution is 0.596. The number of aromatic nitrogens is 1. The Labute approximate surface area is 160 Å². The first-order chi connectivity index (χ1) is 12.8. The molecule has 3 aromatic rings. The van der Waals surface area contributed by atoms with Crippen LogP contribution in [0.25, 0.3) is 10.9 Å². The van der Waals surface area contributed by atoms with Crippen LogP contribution >= 0.6 is 0 Å². The van der Waals surface area contributed by atoms with Gasteiger partial charge in [-0.2, -0.15) is 0 Å². The molecule has 0 aliphatic carbocycles. The van der Waals surface area contributed by atoms with Crippen molar-refractivity contribution in [3.05, 3.63) is 59.7 Å². The number of anilines is 2. The third-order valence-corrected chi connectivity index (χ3v) is 6.82. The Bertz CT molecular complexity index is 1120. The zero-order valence-corrected chi connectivity index (χ0v) is 16.6. The zero-order chi connectivity index (χ0) is 19.2. The number of hydrogen-bond donors (Lipinski definition) is 0. The minimum absolute atomic E-state index is 0.0922. The fourth-order valence-corrected chi connectivity index (χ4v) is 5.10. The van der Waals surface area contributed by atoms with E-state index in [1.54, 1.807) is 12.1 Å². The molecule has 1 aliphatic rings. The van der Waals surface area contributed by atoms with Crippen molar-refractivity contribution in [1.29, 1.82) is 0 Å². The number of fused-ring (bicyclic) bond motifs is 2. The molecule has 0 amide bonds. The second-order valence-electron chi connectivity index (χ2n) is 7.26. The van der Waals surface area contributed by atoms with Gasteiger partial charge in [0, 0.05) is 44.3 Å². The third-order valence-electron chi connectivity index (χ3n) is 5.03. The van der Waals surface area contributed by atoms with Crippen molar-refractivity contribution in [2.24, 2.45) is 0 Å². The molecule has 1 aliphatic heterocycles. The van der Waals surface area contributed by atoms with Crippen molar-refractivity contribution in [2.75, 3.05) is 36.2 Å². The van der Waals surface area contributed by atoms with Crippen LogP contribution in [0.15, 0.2) is 53.4 Å². The summed E-state index contributed by atoms with van der Waals surface area (Å²) in [5.41, 5.74) is 4.02. The van der Waals surface area contributed by atoms with Crippen molar-refractivity contribution >= 4 is 32.2 Å². The summed E-state index contributed by atoms with van der Waals surface area (Å²) in [5.74, 6) is 0.900. The monoisotopic (exact) mass is 381 g/mol. The lowest BCUT2D eigenvalue weighted by Gasteiger charge is -2.24. The summed E-state index contributed by atoms with van der Waals surface area (Å²) < 4.78 is 25.3. The summed E-state index contributed by atoms with van der Waals surface area (Å²) in [5, 5.41) is 1.10. The quantitative estimate of drug-likeness (QED) is 0.681. The van der Waals surface area contributed by atoms with Crippen LogP contribution in [-0.4, -0.2) is 39.8 Å². The number of benzene rings is 2. The summed E-state index contributed by atoms with van der Waals surface area (Å²) in [4.78, 5) is 9.44. The van der Waals surface area contributed by atoms with Crippen LogP contribution in [0.2, 0.25) is 0 Å². The SMILES string of the molecule is Cc1ccc2nc(N3CCS(=O)(=O)c4ccccc4C3)cc(N(C)C)c2c1. The molecular formula is C21H23N3O2S. The molecule has 0 saturated carbocycles. The van der Waals surface area contributed by atoms with E-state index in [0.29, 0.717) is 18.0 Å². The predicted octanol–water partition coefficient (Wildman–Crippen LogP) is 3.40. The van der Waals surface area contributed by atoms with Gasteiger partial charge in [0.25, 0.3) is 0 Å². The largest absolute Gasteiger partial charge is 0.377 e. The molecule has 0 radical (unpaired) electrons. The highest BCUT2D eigenvalue weighted by molar-refractivity contribution is 7.91. The minimum atomic E-state index is -3.27. The van der Waals surface area contributed by atoms with Crippen LogP contribution in [0.3, 0.4) is 0 Å². The molecule has 0 fully saturated rings. The second kappa shape index (κ2) is 6.53. The van der Waals surface area contributed by atoms with Crippen LogP contribution in [0.4, 0.5) is 11.5 Å². The standard InChI is InChI=1S/C21H23N3O2S/c1-15-8-9-18-17(12-15)19(23(2)3)13-21(22-18)24-10-11-27(25,26)20-7-5-4-6-16(20)14-24/h4-9,12-13H,10-11,14H2,1-3H3. The summed E-state index contributed by atoms with van der Waals surface area (Å²) in [7, 11) is 0.760. The van der Waals surface area contributed by atoms with Gasteiger partial charge in [-0.05, 0) is 30.7 Å². The summed E-state index contributed by atoms with van der Waals surface area (Å²) in [6.07, 6.45) is 0. The summed E-state index contributed by atoms with van der Waals surface area (Å²) >= 11 is 0. The van der Waals surface area contributed by atoms with Gasteiger partial charge in [0.2, 0.25) is 0 Å². The molecule has 2 aromatic carbocycles. The highest BCUT2D eigenvalue weighted by Crippen LogP contribution is 2.32. The smallest absolute Gasteiger partial charge is 0.180 e. The first-order valence-corrected chi connectivity index (χ1v) is 10.6. The molecule has 4 rings (SSSR count). The maximum absolute atomic E-state index is 12.6. The zero-order valence-electron chi connectivity index (χ0n) is 15.8. The molecule has 0 unspecified atom stereocenters. The Morgan fingerprint density at radius 1 is 1.07 bits per heavy atom. The van der Waals surface area contributed by atoms with E-state index in [9.17, 15) is 8.42 Å². The van der Waals surface area contributed by atoms with Crippen LogP contribution < -0.4 is 9.80 Å². The number of sulfone groups is 1. The second-order valence-corrected chi connectivity index (χ2v) is 9.34. The first kappa shape index (κ1) is 17.8. The number of hydrogen-bond acceptors (Lipinski definition) is 5. The Morgan fingerprint density at radius 2 is 1.85 bits per heavy atom. The Kier molecular flexibility index (Phi) is 4.30. The number of nitrogens with zero attached hydrogens (tertiary/aromatic N) is 3. The predicted molar refractivity (Wildman–Crippen MR) is 110 cm³/mol. The maximum Gasteiger partial charge on any atom is 0.180 e. The van der Waals surface area contributed by atoms with Gasteiger partial charge in [-0.25, -0.2) is 13.4 Å². The molecule has 0 saturated heterocycles. The molecule has 0 spiro atoms. The highest BCUT2D eigenvalue weighted by Gasteiger charge is 2.26. The van der Waals surface area contributed by atoms with Gasteiger partial charge >= 0.3 is 0 Å². The van der Waals surface area contributed by atoms with Crippen molar-refractivity contribution < 1.29 is 8.42 Å². The molecule has 27 heavy (non-hydrogen) atoms. The third kappa shape index (κ3) is 3.25. The Morgan fingerprint density at radius 3 is 2.63 bits per heavy atom. The van der Waals surface area contributed by atoms with Crippen LogP contribution in [0, 0.1) is 6.92 Å². The van der Waals surface area contributed by atoms with E-state index in [1.807, 2.05) is 32.3 Å². The van der Waals surface area contributed by atoms with E-state index >= 15 is 0 Å². The number of aryl methyl sites for hydroxylation is 1. The van der Waals surface area contributed by atoms with E-state index in [0.717, 1.165) is 28.0 Å². The van der Waals surface area contributed by atoms with Crippen LogP contribution in [0.5, 0.6) is 0 Å². The van der Waals surface area contributed by atoms with Gasteiger partial charge in [-0.1, -0.05) is 29.8 Å². The van der Waals surface area contributed by atoms with Gasteiger partial charge in [0.05, 0.1) is 16.2 Å². The minimum Gasteiger partial charge on any atom is -0.377 e. The first-order valence-electron chi connectivity index (χ1n) is 8.99. The molecule has 5 nitrogen and oxygen atoms in total.